The van der Waals surface area contributed by atoms with Crippen LogP contribution in [0.2, 0.25) is 0 Å². The van der Waals surface area contributed by atoms with Crippen molar-refractivity contribution in [3.05, 3.63) is 182 Å². The summed E-state index contributed by atoms with van der Waals surface area (Å²) >= 11 is 0. The monoisotopic (exact) mass is 630 g/mol. The quantitative estimate of drug-likeness (QED) is 0.132. The summed E-state index contributed by atoms with van der Waals surface area (Å²) in [6.07, 6.45) is 0. The highest BCUT2D eigenvalue weighted by Gasteiger charge is 2.20. The summed E-state index contributed by atoms with van der Waals surface area (Å²) in [6, 6.07) is 67.5. The molecule has 0 radical (unpaired) electrons. The highest BCUT2D eigenvalue weighted by molar-refractivity contribution is 6.40. The SMILES string of the molecule is c1ccc2c(-c3c4ccccc4c(-c4ccc5c6ccccc6c6c7ccccc7c7ccccc7c6c5c4)c4ccccc34)cccc2c1. The van der Waals surface area contributed by atoms with E-state index < -0.39 is 0 Å². The fourth-order valence-electron chi connectivity index (χ4n) is 8.95. The Morgan fingerprint density at radius 2 is 0.600 bits per heavy atom. The highest BCUT2D eigenvalue weighted by Crippen LogP contribution is 2.48. The summed E-state index contributed by atoms with van der Waals surface area (Å²) in [7, 11) is 0. The predicted molar refractivity (Wildman–Crippen MR) is 217 cm³/mol. The van der Waals surface area contributed by atoms with E-state index in [1.54, 1.807) is 0 Å². The molecule has 0 unspecified atom stereocenters. The van der Waals surface area contributed by atoms with Crippen LogP contribution in [0.5, 0.6) is 0 Å². The van der Waals surface area contributed by atoms with Crippen molar-refractivity contribution < 1.29 is 0 Å². The van der Waals surface area contributed by atoms with Gasteiger partial charge in [0.05, 0.1) is 0 Å². The van der Waals surface area contributed by atoms with Crippen LogP contribution in [0.1, 0.15) is 0 Å². The lowest BCUT2D eigenvalue weighted by molar-refractivity contribution is 1.69. The Bertz CT molecular complexity index is 3120. The van der Waals surface area contributed by atoms with Crippen LogP contribution >= 0.6 is 0 Å². The molecule has 0 nitrogen and oxygen atoms in total. The van der Waals surface area contributed by atoms with E-state index in [0.717, 1.165) is 0 Å². The zero-order valence-electron chi connectivity index (χ0n) is 27.3. The summed E-state index contributed by atoms with van der Waals surface area (Å²) in [6.45, 7) is 0. The Balaban J connectivity index is 1.32. The maximum atomic E-state index is 2.48. The van der Waals surface area contributed by atoms with Crippen molar-refractivity contribution in [2.24, 2.45) is 0 Å². The molecule has 0 fully saturated rings. The number of benzene rings is 11. The molecule has 0 heteroatoms. The zero-order chi connectivity index (χ0) is 32.8. The van der Waals surface area contributed by atoms with E-state index in [2.05, 4.69) is 182 Å². The Kier molecular flexibility index (Phi) is 5.76. The smallest absolute Gasteiger partial charge is 0.00137 e. The van der Waals surface area contributed by atoms with E-state index >= 15 is 0 Å². The Labute approximate surface area is 289 Å². The molecule has 0 spiro atoms. The first kappa shape index (κ1) is 27.5. The zero-order valence-corrected chi connectivity index (χ0v) is 27.3. The third-order valence-electron chi connectivity index (χ3n) is 11.0. The standard InChI is InChI=1S/C50H30/c1-2-16-33-31(14-1)15-13-27-38(33)48-44-25-11-9-23-42(44)47(43-24-10-12-26-45(43)48)32-28-29-37-36-19-5-7-21-40(36)49-39-20-6-3-17-34(39)35-18-4-8-22-41(35)50(49)46(37)30-32/h1-30H. The van der Waals surface area contributed by atoms with Gasteiger partial charge in [0.2, 0.25) is 0 Å². The second-order valence-electron chi connectivity index (χ2n) is 13.5. The maximum Gasteiger partial charge on any atom is -0.00137 e. The minimum absolute atomic E-state index is 1.24. The molecule has 0 saturated carbocycles. The summed E-state index contributed by atoms with van der Waals surface area (Å²) in [4.78, 5) is 0. The molecule has 0 saturated heterocycles. The summed E-state index contributed by atoms with van der Waals surface area (Å²) in [5.41, 5.74) is 5.10. The van der Waals surface area contributed by atoms with Gasteiger partial charge in [-0.3, -0.25) is 0 Å². The van der Waals surface area contributed by atoms with Gasteiger partial charge in [0.15, 0.2) is 0 Å². The Morgan fingerprint density at radius 3 is 1.14 bits per heavy atom. The largest absolute Gasteiger partial charge is 0.0616 e. The van der Waals surface area contributed by atoms with Crippen molar-refractivity contribution >= 4 is 86.2 Å². The van der Waals surface area contributed by atoms with E-state index in [4.69, 9.17) is 0 Å². The number of fused-ring (bicyclic) bond motifs is 14. The van der Waals surface area contributed by atoms with Crippen LogP contribution in [0.4, 0.5) is 0 Å². The van der Waals surface area contributed by atoms with Crippen LogP contribution in [0.15, 0.2) is 182 Å². The third-order valence-corrected chi connectivity index (χ3v) is 11.0. The molecule has 0 aliphatic heterocycles. The molecule has 11 aromatic rings. The molecule has 11 aromatic carbocycles. The van der Waals surface area contributed by atoms with Crippen molar-refractivity contribution in [2.75, 3.05) is 0 Å². The normalized spacial score (nSPS) is 12.0. The van der Waals surface area contributed by atoms with Gasteiger partial charge >= 0.3 is 0 Å². The second-order valence-corrected chi connectivity index (χ2v) is 13.5. The molecule has 0 aliphatic carbocycles. The molecule has 230 valence electrons. The van der Waals surface area contributed by atoms with Crippen LogP contribution in [0.25, 0.3) is 108 Å². The molecule has 0 aromatic heterocycles. The summed E-state index contributed by atoms with van der Waals surface area (Å²) in [5.74, 6) is 0. The molecule has 11 rings (SSSR count). The Hall–Kier alpha value is -6.50. The average Bonchev–Trinajstić information content (AvgIpc) is 3.19. The lowest BCUT2D eigenvalue weighted by atomic mass is 9.83. The topological polar surface area (TPSA) is 0 Å². The van der Waals surface area contributed by atoms with Gasteiger partial charge in [-0.2, -0.15) is 0 Å². The molecular formula is C50H30. The van der Waals surface area contributed by atoms with Crippen molar-refractivity contribution in [3.63, 3.8) is 0 Å². The lowest BCUT2D eigenvalue weighted by Gasteiger charge is -2.20. The molecule has 0 heterocycles. The van der Waals surface area contributed by atoms with E-state index in [-0.39, 0.29) is 0 Å². The van der Waals surface area contributed by atoms with Crippen LogP contribution < -0.4 is 0 Å². The first-order valence-corrected chi connectivity index (χ1v) is 17.4. The van der Waals surface area contributed by atoms with Gasteiger partial charge in [-0.25, -0.2) is 0 Å². The van der Waals surface area contributed by atoms with E-state index in [9.17, 15) is 0 Å². The van der Waals surface area contributed by atoms with E-state index in [0.29, 0.717) is 0 Å². The van der Waals surface area contributed by atoms with Gasteiger partial charge in [0, 0.05) is 0 Å². The average molecular weight is 631 g/mol. The summed E-state index contributed by atoms with van der Waals surface area (Å²) < 4.78 is 0. The molecule has 0 bridgehead atoms. The minimum Gasteiger partial charge on any atom is -0.0616 e. The molecule has 50 heavy (non-hydrogen) atoms. The van der Waals surface area contributed by atoms with Crippen molar-refractivity contribution in [3.8, 4) is 22.3 Å². The molecular weight excluding hydrogens is 601 g/mol. The lowest BCUT2D eigenvalue weighted by Crippen LogP contribution is -1.92. The van der Waals surface area contributed by atoms with Gasteiger partial charge < -0.3 is 0 Å². The number of hydrogen-bond acceptors (Lipinski definition) is 0. The van der Waals surface area contributed by atoms with Crippen molar-refractivity contribution in [1.82, 2.24) is 0 Å². The van der Waals surface area contributed by atoms with Crippen LogP contribution in [-0.4, -0.2) is 0 Å². The number of rotatable bonds is 2. The number of hydrogen-bond donors (Lipinski definition) is 0. The first-order chi connectivity index (χ1) is 24.8. The van der Waals surface area contributed by atoms with Crippen LogP contribution in [0, 0.1) is 0 Å². The molecule has 0 amide bonds. The second kappa shape index (κ2) is 10.5. The van der Waals surface area contributed by atoms with Gasteiger partial charge in [-0.05, 0) is 114 Å². The Morgan fingerprint density at radius 1 is 0.220 bits per heavy atom. The van der Waals surface area contributed by atoms with E-state index in [1.807, 2.05) is 0 Å². The molecule has 0 aliphatic rings. The molecule has 0 atom stereocenters. The summed E-state index contributed by atoms with van der Waals surface area (Å²) in [5, 5.41) is 20.7. The van der Waals surface area contributed by atoms with Gasteiger partial charge in [0.25, 0.3) is 0 Å². The highest BCUT2D eigenvalue weighted by atomic mass is 14.2. The van der Waals surface area contributed by atoms with Crippen molar-refractivity contribution in [1.29, 1.82) is 0 Å². The maximum absolute atomic E-state index is 2.48. The van der Waals surface area contributed by atoms with Gasteiger partial charge in [0.1, 0.15) is 0 Å². The van der Waals surface area contributed by atoms with Crippen molar-refractivity contribution in [2.45, 2.75) is 0 Å². The molecule has 0 N–H and O–H groups in total. The predicted octanol–water partition coefficient (Wildman–Crippen LogP) is 14.2. The first-order valence-electron chi connectivity index (χ1n) is 17.4. The minimum atomic E-state index is 1.24. The van der Waals surface area contributed by atoms with Crippen LogP contribution in [0.3, 0.4) is 0 Å². The van der Waals surface area contributed by atoms with E-state index in [1.165, 1.54) is 108 Å². The van der Waals surface area contributed by atoms with Crippen LogP contribution in [-0.2, 0) is 0 Å². The fourth-order valence-corrected chi connectivity index (χ4v) is 8.95. The van der Waals surface area contributed by atoms with Gasteiger partial charge in [-0.15, -0.1) is 0 Å². The fraction of sp³-hybridized carbons (Fsp3) is 0. The third kappa shape index (κ3) is 3.76. The van der Waals surface area contributed by atoms with Gasteiger partial charge in [-0.1, -0.05) is 176 Å².